The van der Waals surface area contributed by atoms with Gasteiger partial charge in [-0.25, -0.2) is 0 Å². The molecular formula is C13H10N2O. The first kappa shape index (κ1) is 8.97. The zero-order chi connectivity index (χ0) is 11.3. The number of rotatable bonds is 0. The lowest BCUT2D eigenvalue weighted by Crippen LogP contribution is -2.03. The van der Waals surface area contributed by atoms with Gasteiger partial charge in [0.25, 0.3) is 0 Å². The van der Waals surface area contributed by atoms with Gasteiger partial charge in [0.1, 0.15) is 0 Å². The minimum Gasteiger partial charge on any atom is -0.398 e. The lowest BCUT2D eigenvalue weighted by Gasteiger charge is -2.01. The fraction of sp³-hybridized carbons (Fsp3) is 0. The molecule has 0 saturated carbocycles. The minimum atomic E-state index is -0.0683. The van der Waals surface area contributed by atoms with Crippen LogP contribution in [0.5, 0.6) is 0 Å². The molecular weight excluding hydrogens is 200 g/mol. The van der Waals surface area contributed by atoms with E-state index in [1.165, 1.54) is 0 Å². The van der Waals surface area contributed by atoms with Crippen LogP contribution in [0.3, 0.4) is 0 Å². The molecule has 3 heteroatoms. The van der Waals surface area contributed by atoms with E-state index < -0.39 is 0 Å². The molecule has 1 aliphatic carbocycles. The number of fused-ring (bicyclic) bond motifs is 3. The molecule has 2 aromatic carbocycles. The third kappa shape index (κ3) is 0.945. The van der Waals surface area contributed by atoms with Gasteiger partial charge in [0, 0.05) is 11.4 Å². The summed E-state index contributed by atoms with van der Waals surface area (Å²) in [5.74, 6) is -0.0683. The third-order valence-corrected chi connectivity index (χ3v) is 2.94. The summed E-state index contributed by atoms with van der Waals surface area (Å²) in [7, 11) is 0. The topological polar surface area (TPSA) is 69.1 Å². The number of ketones is 1. The number of nitrogen functional groups attached to an aromatic ring is 2. The summed E-state index contributed by atoms with van der Waals surface area (Å²) >= 11 is 0. The van der Waals surface area contributed by atoms with Crippen molar-refractivity contribution in [1.29, 1.82) is 0 Å². The second-order valence-electron chi connectivity index (χ2n) is 3.87. The number of benzene rings is 2. The van der Waals surface area contributed by atoms with Crippen molar-refractivity contribution in [1.82, 2.24) is 0 Å². The van der Waals surface area contributed by atoms with Gasteiger partial charge in [0.05, 0.1) is 11.1 Å². The molecule has 0 fully saturated rings. The summed E-state index contributed by atoms with van der Waals surface area (Å²) in [6.45, 7) is 0. The third-order valence-electron chi connectivity index (χ3n) is 2.94. The van der Waals surface area contributed by atoms with E-state index >= 15 is 0 Å². The average molecular weight is 210 g/mol. The summed E-state index contributed by atoms with van der Waals surface area (Å²) < 4.78 is 0. The molecule has 0 aliphatic heterocycles. The Hall–Kier alpha value is -2.29. The number of carbonyl (C=O) groups is 1. The number of hydrogen-bond acceptors (Lipinski definition) is 3. The Labute approximate surface area is 92.7 Å². The lowest BCUT2D eigenvalue weighted by molar-refractivity contribution is 0.104. The van der Waals surface area contributed by atoms with E-state index in [0.717, 1.165) is 11.1 Å². The molecule has 0 aromatic heterocycles. The van der Waals surface area contributed by atoms with Gasteiger partial charge in [-0.3, -0.25) is 4.79 Å². The van der Waals surface area contributed by atoms with Crippen LogP contribution in [0.1, 0.15) is 15.9 Å². The fourth-order valence-electron chi connectivity index (χ4n) is 2.22. The largest absolute Gasteiger partial charge is 0.398 e. The van der Waals surface area contributed by atoms with Crippen LogP contribution in [0.15, 0.2) is 36.4 Å². The molecule has 0 radical (unpaired) electrons. The lowest BCUT2D eigenvalue weighted by atomic mass is 10.0. The van der Waals surface area contributed by atoms with Crippen molar-refractivity contribution in [3.63, 3.8) is 0 Å². The standard InChI is InChI=1S/C13H10N2O/c14-9-5-1-3-7-8-4-2-6-10(15)12(8)13(16)11(7)9/h1-6H,14-15H2. The molecule has 4 N–H and O–H groups in total. The second-order valence-corrected chi connectivity index (χ2v) is 3.87. The number of anilines is 2. The highest BCUT2D eigenvalue weighted by Crippen LogP contribution is 2.41. The van der Waals surface area contributed by atoms with Crippen molar-refractivity contribution >= 4 is 17.2 Å². The first-order chi connectivity index (χ1) is 7.70. The summed E-state index contributed by atoms with van der Waals surface area (Å²) in [5, 5.41) is 0. The maximum atomic E-state index is 12.2. The normalized spacial score (nSPS) is 12.4. The van der Waals surface area contributed by atoms with Crippen LogP contribution in [-0.4, -0.2) is 5.78 Å². The highest BCUT2D eigenvalue weighted by Gasteiger charge is 2.29. The molecule has 0 spiro atoms. The predicted molar refractivity (Wildman–Crippen MR) is 64.1 cm³/mol. The van der Waals surface area contributed by atoms with E-state index in [9.17, 15) is 4.79 Å². The van der Waals surface area contributed by atoms with Gasteiger partial charge < -0.3 is 11.5 Å². The SMILES string of the molecule is Nc1cccc2c1C(=O)c1c(N)cccc1-2. The molecule has 16 heavy (non-hydrogen) atoms. The van der Waals surface area contributed by atoms with Crippen LogP contribution in [0, 0.1) is 0 Å². The summed E-state index contributed by atoms with van der Waals surface area (Å²) in [5.41, 5.74) is 15.6. The maximum Gasteiger partial charge on any atom is 0.198 e. The van der Waals surface area contributed by atoms with Crippen molar-refractivity contribution in [2.45, 2.75) is 0 Å². The van der Waals surface area contributed by atoms with Gasteiger partial charge in [-0.2, -0.15) is 0 Å². The van der Waals surface area contributed by atoms with Gasteiger partial charge in [-0.1, -0.05) is 24.3 Å². The molecule has 0 amide bonds. The monoisotopic (exact) mass is 210 g/mol. The van der Waals surface area contributed by atoms with Crippen LogP contribution < -0.4 is 11.5 Å². The Morgan fingerprint density at radius 1 is 0.750 bits per heavy atom. The van der Waals surface area contributed by atoms with E-state index in [1.54, 1.807) is 12.1 Å². The highest BCUT2D eigenvalue weighted by atomic mass is 16.1. The van der Waals surface area contributed by atoms with Crippen LogP contribution >= 0.6 is 0 Å². The van der Waals surface area contributed by atoms with Crippen molar-refractivity contribution in [2.24, 2.45) is 0 Å². The van der Waals surface area contributed by atoms with Crippen molar-refractivity contribution in [2.75, 3.05) is 11.5 Å². The van der Waals surface area contributed by atoms with Crippen molar-refractivity contribution < 1.29 is 4.79 Å². The average Bonchev–Trinajstić information content (AvgIpc) is 2.56. The van der Waals surface area contributed by atoms with E-state index in [1.807, 2.05) is 24.3 Å². The molecule has 78 valence electrons. The molecule has 3 rings (SSSR count). The summed E-state index contributed by atoms with van der Waals surface area (Å²) in [6, 6.07) is 11.0. The van der Waals surface area contributed by atoms with Gasteiger partial charge in [0.15, 0.2) is 5.78 Å². The Morgan fingerprint density at radius 3 is 1.62 bits per heavy atom. The van der Waals surface area contributed by atoms with Gasteiger partial charge in [0.2, 0.25) is 0 Å². The van der Waals surface area contributed by atoms with Gasteiger partial charge >= 0.3 is 0 Å². The Morgan fingerprint density at radius 2 is 1.19 bits per heavy atom. The van der Waals surface area contributed by atoms with E-state index in [-0.39, 0.29) is 5.78 Å². The molecule has 0 heterocycles. The Balaban J connectivity index is 2.44. The summed E-state index contributed by atoms with van der Waals surface area (Å²) in [6.07, 6.45) is 0. The molecule has 0 saturated heterocycles. The molecule has 0 atom stereocenters. The van der Waals surface area contributed by atoms with Crippen LogP contribution in [0.4, 0.5) is 11.4 Å². The number of carbonyl (C=O) groups excluding carboxylic acids is 1. The quantitative estimate of drug-likeness (QED) is 0.558. The van der Waals surface area contributed by atoms with Crippen LogP contribution in [0.2, 0.25) is 0 Å². The predicted octanol–water partition coefficient (Wildman–Crippen LogP) is 2.06. The highest BCUT2D eigenvalue weighted by molar-refractivity contribution is 6.26. The number of nitrogens with two attached hydrogens (primary N) is 2. The van der Waals surface area contributed by atoms with E-state index in [2.05, 4.69) is 0 Å². The van der Waals surface area contributed by atoms with Crippen molar-refractivity contribution in [3.8, 4) is 11.1 Å². The Kier molecular flexibility index (Phi) is 1.60. The molecule has 1 aliphatic rings. The molecule has 0 bridgehead atoms. The maximum absolute atomic E-state index is 12.2. The first-order valence-corrected chi connectivity index (χ1v) is 5.02. The molecule has 3 nitrogen and oxygen atoms in total. The molecule has 2 aromatic rings. The molecule has 0 unspecified atom stereocenters. The zero-order valence-electron chi connectivity index (χ0n) is 8.53. The summed E-state index contributed by atoms with van der Waals surface area (Å²) in [4.78, 5) is 12.2. The second kappa shape index (κ2) is 2.85. The minimum absolute atomic E-state index is 0.0683. The van der Waals surface area contributed by atoms with Gasteiger partial charge in [-0.15, -0.1) is 0 Å². The fourth-order valence-corrected chi connectivity index (χ4v) is 2.22. The van der Waals surface area contributed by atoms with E-state index in [4.69, 9.17) is 11.5 Å². The van der Waals surface area contributed by atoms with Gasteiger partial charge in [-0.05, 0) is 23.3 Å². The Bertz CT molecular complexity index is 564. The smallest absolute Gasteiger partial charge is 0.198 e. The van der Waals surface area contributed by atoms with Crippen LogP contribution in [-0.2, 0) is 0 Å². The zero-order valence-corrected chi connectivity index (χ0v) is 8.53. The first-order valence-electron chi connectivity index (χ1n) is 5.02. The van der Waals surface area contributed by atoms with Crippen LogP contribution in [0.25, 0.3) is 11.1 Å². The van der Waals surface area contributed by atoms with E-state index in [0.29, 0.717) is 22.5 Å². The van der Waals surface area contributed by atoms with Crippen molar-refractivity contribution in [3.05, 3.63) is 47.5 Å². The number of hydrogen-bond donors (Lipinski definition) is 2.